The second-order valence-electron chi connectivity index (χ2n) is 10.8. The number of rotatable bonds is 10. The zero-order valence-corrected chi connectivity index (χ0v) is 26.1. The molecule has 0 aliphatic carbocycles. The molecule has 9 heteroatoms. The van der Waals surface area contributed by atoms with Crippen LogP contribution in [0.15, 0.2) is 81.6 Å². The van der Waals surface area contributed by atoms with E-state index in [1.165, 1.54) is 4.68 Å². The van der Waals surface area contributed by atoms with E-state index in [0.29, 0.717) is 46.8 Å². The van der Waals surface area contributed by atoms with Crippen molar-refractivity contribution in [2.45, 2.75) is 46.5 Å². The number of halogens is 1. The van der Waals surface area contributed by atoms with Crippen LogP contribution < -0.4 is 20.3 Å². The third-order valence-electron chi connectivity index (χ3n) is 6.39. The van der Waals surface area contributed by atoms with E-state index in [9.17, 15) is 9.59 Å². The molecule has 0 unspecified atom stereocenters. The SMILES string of the molecule is C=CCc1cc(C=Nn2c(C(C)(C)C)nc3ccc(Br)cc3c2=O)cc(OCC)c1OCC(=O)Nc1ccccc1C. The van der Waals surface area contributed by atoms with Crippen molar-refractivity contribution >= 4 is 44.6 Å². The van der Waals surface area contributed by atoms with Gasteiger partial charge in [0.05, 0.1) is 23.7 Å². The van der Waals surface area contributed by atoms with Crippen LogP contribution in [-0.2, 0) is 16.6 Å². The monoisotopic (exact) mass is 630 g/mol. The second-order valence-corrected chi connectivity index (χ2v) is 11.7. The van der Waals surface area contributed by atoms with Gasteiger partial charge in [-0.2, -0.15) is 9.78 Å². The topological polar surface area (TPSA) is 94.8 Å². The normalized spacial score (nSPS) is 11.6. The Morgan fingerprint density at radius 2 is 1.90 bits per heavy atom. The molecule has 42 heavy (non-hydrogen) atoms. The first kappa shape index (κ1) is 30.7. The van der Waals surface area contributed by atoms with Gasteiger partial charge in [-0.25, -0.2) is 4.98 Å². The van der Waals surface area contributed by atoms with Gasteiger partial charge in [0.1, 0.15) is 5.82 Å². The Bertz CT molecular complexity index is 1720. The fourth-order valence-electron chi connectivity index (χ4n) is 4.39. The van der Waals surface area contributed by atoms with Gasteiger partial charge in [0.25, 0.3) is 11.5 Å². The number of amides is 1. The maximum Gasteiger partial charge on any atom is 0.282 e. The quantitative estimate of drug-likeness (QED) is 0.154. The van der Waals surface area contributed by atoms with E-state index in [4.69, 9.17) is 14.5 Å². The number of fused-ring (bicyclic) bond motifs is 1. The molecule has 218 valence electrons. The Hall–Kier alpha value is -4.24. The summed E-state index contributed by atoms with van der Waals surface area (Å²) in [5.41, 5.74) is 3.05. The van der Waals surface area contributed by atoms with Crippen LogP contribution in [0.1, 0.15) is 50.2 Å². The fourth-order valence-corrected chi connectivity index (χ4v) is 4.76. The average molecular weight is 632 g/mol. The third-order valence-corrected chi connectivity index (χ3v) is 6.88. The minimum Gasteiger partial charge on any atom is -0.490 e. The maximum atomic E-state index is 13.6. The van der Waals surface area contributed by atoms with Crippen LogP contribution in [0.5, 0.6) is 11.5 Å². The second kappa shape index (κ2) is 13.2. The maximum absolute atomic E-state index is 13.6. The molecule has 1 amide bonds. The minimum absolute atomic E-state index is 0.200. The summed E-state index contributed by atoms with van der Waals surface area (Å²) in [7, 11) is 0. The molecule has 0 spiro atoms. The molecule has 0 atom stereocenters. The Morgan fingerprint density at radius 3 is 2.60 bits per heavy atom. The lowest BCUT2D eigenvalue weighted by atomic mass is 9.95. The van der Waals surface area contributed by atoms with Gasteiger partial charge < -0.3 is 14.8 Å². The number of para-hydroxylation sites is 1. The lowest BCUT2D eigenvalue weighted by Crippen LogP contribution is -2.29. The predicted molar refractivity (Wildman–Crippen MR) is 172 cm³/mol. The van der Waals surface area contributed by atoms with E-state index in [1.807, 2.05) is 77.1 Å². The summed E-state index contributed by atoms with van der Waals surface area (Å²) >= 11 is 3.44. The fraction of sp³-hybridized carbons (Fsp3) is 0.273. The summed E-state index contributed by atoms with van der Waals surface area (Å²) in [6.07, 6.45) is 3.82. The lowest BCUT2D eigenvalue weighted by Gasteiger charge is -2.21. The molecule has 0 bridgehead atoms. The van der Waals surface area contributed by atoms with Crippen molar-refractivity contribution in [1.29, 1.82) is 0 Å². The molecule has 0 radical (unpaired) electrons. The zero-order valence-electron chi connectivity index (χ0n) is 24.5. The Morgan fingerprint density at radius 1 is 1.14 bits per heavy atom. The zero-order chi connectivity index (χ0) is 30.4. The summed E-state index contributed by atoms with van der Waals surface area (Å²) in [6.45, 7) is 13.8. The summed E-state index contributed by atoms with van der Waals surface area (Å²) in [5.74, 6) is 1.17. The molecule has 0 aliphatic heterocycles. The Balaban J connectivity index is 1.70. The molecule has 1 aromatic heterocycles. The van der Waals surface area contributed by atoms with E-state index in [0.717, 1.165) is 21.3 Å². The highest BCUT2D eigenvalue weighted by atomic mass is 79.9. The van der Waals surface area contributed by atoms with Crippen LogP contribution in [0.4, 0.5) is 5.69 Å². The molecule has 0 fully saturated rings. The van der Waals surface area contributed by atoms with Crippen LogP contribution in [0.25, 0.3) is 10.9 Å². The lowest BCUT2D eigenvalue weighted by molar-refractivity contribution is -0.118. The molecule has 1 heterocycles. The van der Waals surface area contributed by atoms with Gasteiger partial charge in [0.2, 0.25) is 0 Å². The molecule has 0 saturated carbocycles. The number of aryl methyl sites for hydroxylation is 1. The number of anilines is 1. The standard InChI is InChI=1S/C33H35BrN4O4/c1-7-11-23-16-22(17-28(41-8-2)30(23)42-20-29(39)36-26-13-10-9-12-21(26)3)19-35-38-31(40)25-18-24(34)14-15-27(25)37-32(38)33(4,5)6/h7,9-10,12-19H,1,8,11,20H2,2-6H3,(H,36,39). The largest absolute Gasteiger partial charge is 0.490 e. The van der Waals surface area contributed by atoms with Crippen molar-refractivity contribution < 1.29 is 14.3 Å². The number of aromatic nitrogens is 2. The highest BCUT2D eigenvalue weighted by molar-refractivity contribution is 9.10. The molecule has 0 aliphatic rings. The van der Waals surface area contributed by atoms with Crippen LogP contribution >= 0.6 is 15.9 Å². The Labute approximate surface area is 254 Å². The van der Waals surface area contributed by atoms with Crippen molar-refractivity contribution in [2.75, 3.05) is 18.5 Å². The Kier molecular flexibility index (Phi) is 9.63. The van der Waals surface area contributed by atoms with Crippen LogP contribution in [-0.4, -0.2) is 35.0 Å². The van der Waals surface area contributed by atoms with Gasteiger partial charge in [0.15, 0.2) is 18.1 Å². The van der Waals surface area contributed by atoms with Gasteiger partial charge in [-0.1, -0.05) is 61.0 Å². The highest BCUT2D eigenvalue weighted by Crippen LogP contribution is 2.34. The summed E-state index contributed by atoms with van der Waals surface area (Å²) in [4.78, 5) is 31.0. The van der Waals surface area contributed by atoms with Crippen LogP contribution in [0, 0.1) is 6.92 Å². The van der Waals surface area contributed by atoms with E-state index >= 15 is 0 Å². The van der Waals surface area contributed by atoms with Crippen molar-refractivity contribution in [1.82, 2.24) is 9.66 Å². The number of carbonyl (C=O) groups is 1. The number of benzene rings is 3. The van der Waals surface area contributed by atoms with E-state index < -0.39 is 5.41 Å². The summed E-state index contributed by atoms with van der Waals surface area (Å²) < 4.78 is 14.1. The number of ether oxygens (including phenoxy) is 2. The average Bonchev–Trinajstić information content (AvgIpc) is 2.93. The molecule has 3 aromatic carbocycles. The number of nitrogens with zero attached hydrogens (tertiary/aromatic N) is 3. The van der Waals surface area contributed by atoms with Gasteiger partial charge in [-0.15, -0.1) is 6.58 Å². The summed E-state index contributed by atoms with van der Waals surface area (Å²) in [6, 6.07) is 16.6. The van der Waals surface area contributed by atoms with Gasteiger partial charge in [-0.3, -0.25) is 9.59 Å². The first-order valence-corrected chi connectivity index (χ1v) is 14.5. The molecule has 1 N–H and O–H groups in total. The van der Waals surface area contributed by atoms with Crippen molar-refractivity contribution in [3.63, 3.8) is 0 Å². The smallest absolute Gasteiger partial charge is 0.282 e. The van der Waals surface area contributed by atoms with Crippen molar-refractivity contribution in [2.24, 2.45) is 5.10 Å². The van der Waals surface area contributed by atoms with Crippen LogP contribution in [0.3, 0.4) is 0 Å². The number of nitrogens with one attached hydrogen (secondary N) is 1. The van der Waals surface area contributed by atoms with Crippen molar-refractivity contribution in [3.8, 4) is 11.5 Å². The summed E-state index contributed by atoms with van der Waals surface area (Å²) in [5, 5.41) is 7.95. The highest BCUT2D eigenvalue weighted by Gasteiger charge is 2.23. The third kappa shape index (κ3) is 7.15. The molecule has 0 saturated heterocycles. The minimum atomic E-state index is -0.446. The number of carbonyl (C=O) groups excluding carboxylic acids is 1. The molecule has 4 rings (SSSR count). The number of allylic oxidation sites excluding steroid dienone is 1. The van der Waals surface area contributed by atoms with Gasteiger partial charge >= 0.3 is 0 Å². The molecular weight excluding hydrogens is 596 g/mol. The first-order chi connectivity index (χ1) is 20.0. The van der Waals surface area contributed by atoms with Gasteiger partial charge in [-0.05, 0) is 67.8 Å². The van der Waals surface area contributed by atoms with Gasteiger partial charge in [0, 0.05) is 21.1 Å². The first-order valence-electron chi connectivity index (χ1n) is 13.7. The van der Waals surface area contributed by atoms with Crippen molar-refractivity contribution in [3.05, 3.63) is 105 Å². The van der Waals surface area contributed by atoms with E-state index in [-0.39, 0.29) is 18.1 Å². The molecular formula is C33H35BrN4O4. The number of hydrogen-bond donors (Lipinski definition) is 1. The van der Waals surface area contributed by atoms with Crippen LogP contribution in [0.2, 0.25) is 0 Å². The predicted octanol–water partition coefficient (Wildman–Crippen LogP) is 6.79. The number of hydrogen-bond acceptors (Lipinski definition) is 6. The molecule has 8 nitrogen and oxygen atoms in total. The van der Waals surface area contributed by atoms with E-state index in [1.54, 1.807) is 24.4 Å². The molecule has 4 aromatic rings. The van der Waals surface area contributed by atoms with E-state index in [2.05, 4.69) is 32.9 Å².